The molecule has 0 saturated heterocycles. The highest BCUT2D eigenvalue weighted by Crippen LogP contribution is 1.97. The lowest BCUT2D eigenvalue weighted by molar-refractivity contribution is -0.0987. The van der Waals surface area contributed by atoms with Crippen molar-refractivity contribution in [1.82, 2.24) is 4.90 Å². The molecule has 4 heteroatoms. The van der Waals surface area contributed by atoms with E-state index in [9.17, 15) is 0 Å². The summed E-state index contributed by atoms with van der Waals surface area (Å²) in [6.45, 7) is 10.7. The average molecular weight is 275 g/mol. The molecule has 0 radical (unpaired) electrons. The summed E-state index contributed by atoms with van der Waals surface area (Å²) in [6.07, 6.45) is 6.84. The van der Waals surface area contributed by atoms with Crippen LogP contribution in [-0.2, 0) is 14.2 Å². The van der Waals surface area contributed by atoms with E-state index < -0.39 is 0 Å². The van der Waals surface area contributed by atoms with Crippen molar-refractivity contribution in [1.29, 1.82) is 0 Å². The summed E-state index contributed by atoms with van der Waals surface area (Å²) < 4.78 is 16.8. The molecular weight excluding hydrogens is 242 g/mol. The molecule has 116 valence electrons. The predicted molar refractivity (Wildman–Crippen MR) is 79.0 cm³/mol. The van der Waals surface area contributed by atoms with Gasteiger partial charge in [0.15, 0.2) is 0 Å². The zero-order valence-electron chi connectivity index (χ0n) is 13.2. The summed E-state index contributed by atoms with van der Waals surface area (Å²) in [6, 6.07) is 0. The van der Waals surface area contributed by atoms with Gasteiger partial charge in [-0.05, 0) is 19.3 Å². The van der Waals surface area contributed by atoms with Gasteiger partial charge in [0, 0.05) is 19.8 Å². The van der Waals surface area contributed by atoms with Crippen LogP contribution in [0.5, 0.6) is 0 Å². The highest BCUT2D eigenvalue weighted by atomic mass is 16.5. The van der Waals surface area contributed by atoms with E-state index in [0.717, 1.165) is 39.1 Å². The lowest BCUT2D eigenvalue weighted by atomic mass is 10.4. The Kier molecular flexibility index (Phi) is 15.8. The standard InChI is InChI=1S/C15H33NO3/c1-4-7-10-17-13-16(14-18-11-8-5-2)15-19-12-9-6-3/h4-15H2,1-3H3. The van der Waals surface area contributed by atoms with E-state index in [1.165, 1.54) is 19.3 Å². The van der Waals surface area contributed by atoms with Crippen LogP contribution in [0.15, 0.2) is 0 Å². The van der Waals surface area contributed by atoms with E-state index in [-0.39, 0.29) is 0 Å². The first-order valence-corrected chi connectivity index (χ1v) is 7.80. The first-order valence-electron chi connectivity index (χ1n) is 7.80. The van der Waals surface area contributed by atoms with Gasteiger partial charge in [-0.2, -0.15) is 0 Å². The highest BCUT2D eigenvalue weighted by Gasteiger charge is 2.05. The van der Waals surface area contributed by atoms with Gasteiger partial charge in [0.25, 0.3) is 0 Å². The normalized spacial score (nSPS) is 11.4. The van der Waals surface area contributed by atoms with Crippen LogP contribution in [0.2, 0.25) is 0 Å². The van der Waals surface area contributed by atoms with Crippen LogP contribution in [0.3, 0.4) is 0 Å². The van der Waals surface area contributed by atoms with Gasteiger partial charge in [-0.15, -0.1) is 0 Å². The van der Waals surface area contributed by atoms with E-state index in [1.54, 1.807) is 0 Å². The van der Waals surface area contributed by atoms with Crippen molar-refractivity contribution < 1.29 is 14.2 Å². The van der Waals surface area contributed by atoms with Gasteiger partial charge in [0.2, 0.25) is 0 Å². The molecule has 0 fully saturated rings. The van der Waals surface area contributed by atoms with Crippen LogP contribution in [0, 0.1) is 0 Å². The molecule has 0 heterocycles. The summed E-state index contributed by atoms with van der Waals surface area (Å²) in [5.41, 5.74) is 0. The Morgan fingerprint density at radius 3 is 1.16 bits per heavy atom. The summed E-state index contributed by atoms with van der Waals surface area (Å²) in [5, 5.41) is 0. The summed E-state index contributed by atoms with van der Waals surface area (Å²) in [7, 11) is 0. The zero-order valence-corrected chi connectivity index (χ0v) is 13.2. The van der Waals surface area contributed by atoms with Crippen molar-refractivity contribution in [2.45, 2.75) is 59.3 Å². The van der Waals surface area contributed by atoms with Gasteiger partial charge in [0.1, 0.15) is 20.2 Å². The summed E-state index contributed by atoms with van der Waals surface area (Å²) in [4.78, 5) is 2.07. The average Bonchev–Trinajstić information content (AvgIpc) is 2.43. The number of nitrogens with zero attached hydrogens (tertiary/aromatic N) is 1. The second kappa shape index (κ2) is 15.9. The molecule has 4 nitrogen and oxygen atoms in total. The Bertz CT molecular complexity index is 139. The molecule has 0 bridgehead atoms. The van der Waals surface area contributed by atoms with Crippen LogP contribution in [0.25, 0.3) is 0 Å². The topological polar surface area (TPSA) is 30.9 Å². The van der Waals surface area contributed by atoms with Crippen LogP contribution in [0.1, 0.15) is 59.3 Å². The molecule has 0 rings (SSSR count). The SMILES string of the molecule is CCCCOCN(COCCCC)COCCCC. The molecular formula is C15H33NO3. The van der Waals surface area contributed by atoms with Crippen LogP contribution < -0.4 is 0 Å². The minimum Gasteiger partial charge on any atom is -0.366 e. The third kappa shape index (κ3) is 14.1. The Morgan fingerprint density at radius 2 is 0.895 bits per heavy atom. The maximum Gasteiger partial charge on any atom is 0.103 e. The van der Waals surface area contributed by atoms with Gasteiger partial charge in [0.05, 0.1) is 0 Å². The third-order valence-corrected chi connectivity index (χ3v) is 2.75. The monoisotopic (exact) mass is 275 g/mol. The maximum absolute atomic E-state index is 5.62. The van der Waals surface area contributed by atoms with Crippen LogP contribution in [-0.4, -0.2) is 44.9 Å². The van der Waals surface area contributed by atoms with Crippen molar-refractivity contribution in [3.8, 4) is 0 Å². The molecule has 0 spiro atoms. The minimum absolute atomic E-state index is 0.595. The molecule has 0 unspecified atom stereocenters. The first-order chi connectivity index (χ1) is 9.35. The molecule has 0 aromatic carbocycles. The predicted octanol–water partition coefficient (Wildman–Crippen LogP) is 3.61. The Labute approximate surface area is 119 Å². The van der Waals surface area contributed by atoms with Crippen molar-refractivity contribution in [2.24, 2.45) is 0 Å². The number of hydrogen-bond acceptors (Lipinski definition) is 4. The quantitative estimate of drug-likeness (QED) is 0.337. The Morgan fingerprint density at radius 1 is 0.579 bits per heavy atom. The third-order valence-electron chi connectivity index (χ3n) is 2.75. The molecule has 0 atom stereocenters. The molecule has 0 aliphatic carbocycles. The van der Waals surface area contributed by atoms with Gasteiger partial charge in [-0.25, -0.2) is 4.90 Å². The van der Waals surface area contributed by atoms with E-state index in [4.69, 9.17) is 14.2 Å². The second-order valence-electron chi connectivity index (χ2n) is 4.84. The van der Waals surface area contributed by atoms with Crippen molar-refractivity contribution >= 4 is 0 Å². The molecule has 0 aromatic rings. The molecule has 0 aliphatic rings. The Hall–Kier alpha value is -0.160. The number of hydrogen-bond donors (Lipinski definition) is 0. The molecule has 0 aliphatic heterocycles. The van der Waals surface area contributed by atoms with E-state index in [0.29, 0.717) is 20.2 Å². The van der Waals surface area contributed by atoms with Crippen molar-refractivity contribution in [3.63, 3.8) is 0 Å². The van der Waals surface area contributed by atoms with Gasteiger partial charge in [-0.3, -0.25) is 0 Å². The number of ether oxygens (including phenoxy) is 3. The number of rotatable bonds is 15. The molecule has 19 heavy (non-hydrogen) atoms. The minimum atomic E-state index is 0.595. The molecule has 0 N–H and O–H groups in total. The van der Waals surface area contributed by atoms with Gasteiger partial charge < -0.3 is 14.2 Å². The van der Waals surface area contributed by atoms with E-state index in [2.05, 4.69) is 25.7 Å². The second-order valence-corrected chi connectivity index (χ2v) is 4.84. The van der Waals surface area contributed by atoms with Crippen molar-refractivity contribution in [2.75, 3.05) is 40.0 Å². The first kappa shape index (κ1) is 18.8. The van der Waals surface area contributed by atoms with E-state index >= 15 is 0 Å². The lowest BCUT2D eigenvalue weighted by Gasteiger charge is -2.22. The molecule has 0 aromatic heterocycles. The number of unbranched alkanes of at least 4 members (excludes halogenated alkanes) is 3. The molecule has 0 amide bonds. The van der Waals surface area contributed by atoms with Gasteiger partial charge >= 0.3 is 0 Å². The largest absolute Gasteiger partial charge is 0.366 e. The fourth-order valence-electron chi connectivity index (χ4n) is 1.43. The fourth-order valence-corrected chi connectivity index (χ4v) is 1.43. The maximum atomic E-state index is 5.62. The fraction of sp³-hybridized carbons (Fsp3) is 1.00. The van der Waals surface area contributed by atoms with Crippen molar-refractivity contribution in [3.05, 3.63) is 0 Å². The smallest absolute Gasteiger partial charge is 0.103 e. The van der Waals surface area contributed by atoms with Crippen LogP contribution in [0.4, 0.5) is 0 Å². The lowest BCUT2D eigenvalue weighted by Crippen LogP contribution is -2.32. The Balaban J connectivity index is 3.66. The zero-order chi connectivity index (χ0) is 14.2. The summed E-state index contributed by atoms with van der Waals surface area (Å²) >= 11 is 0. The van der Waals surface area contributed by atoms with Crippen LogP contribution >= 0.6 is 0 Å². The summed E-state index contributed by atoms with van der Waals surface area (Å²) in [5.74, 6) is 0. The van der Waals surface area contributed by atoms with E-state index in [1.807, 2.05) is 0 Å². The highest BCUT2D eigenvalue weighted by molar-refractivity contribution is 4.42. The van der Waals surface area contributed by atoms with Gasteiger partial charge in [-0.1, -0.05) is 40.0 Å². The molecule has 0 saturated carbocycles.